The summed E-state index contributed by atoms with van der Waals surface area (Å²) in [5.74, 6) is 0.218. The van der Waals surface area contributed by atoms with E-state index >= 15 is 0 Å². The molecule has 0 saturated carbocycles. The highest BCUT2D eigenvalue weighted by Crippen LogP contribution is 2.07. The highest BCUT2D eigenvalue weighted by Gasteiger charge is 2.15. The lowest BCUT2D eigenvalue weighted by molar-refractivity contribution is 0.0750. The summed E-state index contributed by atoms with van der Waals surface area (Å²) >= 11 is 0. The number of rotatable bonds is 3. The summed E-state index contributed by atoms with van der Waals surface area (Å²) in [6, 6.07) is 5.24. The number of hydrogen-bond acceptors (Lipinski definition) is 3. The van der Waals surface area contributed by atoms with Gasteiger partial charge in [-0.3, -0.25) is 9.48 Å². The van der Waals surface area contributed by atoms with Gasteiger partial charge in [-0.2, -0.15) is 5.10 Å². The van der Waals surface area contributed by atoms with Crippen LogP contribution in [0.3, 0.4) is 0 Å². The molecule has 0 saturated heterocycles. The number of carbonyl (C=O) groups is 1. The normalized spacial score (nSPS) is 10.4. The van der Waals surface area contributed by atoms with Crippen molar-refractivity contribution >= 4 is 5.91 Å². The van der Waals surface area contributed by atoms with Crippen LogP contribution in [0, 0.1) is 0 Å². The van der Waals surface area contributed by atoms with Crippen molar-refractivity contribution in [3.05, 3.63) is 42.1 Å². The average Bonchev–Trinajstić information content (AvgIpc) is 2.89. The van der Waals surface area contributed by atoms with E-state index in [-0.39, 0.29) is 5.91 Å². The number of nitrogens with zero attached hydrogens (tertiary/aromatic N) is 3. The maximum absolute atomic E-state index is 11.8. The third kappa shape index (κ3) is 1.98. The van der Waals surface area contributed by atoms with Gasteiger partial charge in [0.05, 0.1) is 18.5 Å². The molecule has 0 spiro atoms. The van der Waals surface area contributed by atoms with Crippen LogP contribution in [-0.4, -0.2) is 27.6 Å². The van der Waals surface area contributed by atoms with Crippen molar-refractivity contribution in [1.82, 2.24) is 14.7 Å². The topological polar surface area (TPSA) is 51.3 Å². The number of amides is 1. The Morgan fingerprint density at radius 3 is 2.94 bits per heavy atom. The Hall–Kier alpha value is -2.04. The third-order valence-electron chi connectivity index (χ3n) is 2.40. The van der Waals surface area contributed by atoms with Gasteiger partial charge in [0.1, 0.15) is 0 Å². The van der Waals surface area contributed by atoms with Gasteiger partial charge >= 0.3 is 0 Å². The van der Waals surface area contributed by atoms with Gasteiger partial charge < -0.3 is 9.32 Å². The highest BCUT2D eigenvalue weighted by atomic mass is 16.3. The van der Waals surface area contributed by atoms with Crippen LogP contribution in [0.25, 0.3) is 0 Å². The first kappa shape index (κ1) is 10.5. The summed E-state index contributed by atoms with van der Waals surface area (Å²) in [5.41, 5.74) is 0.974. The maximum Gasteiger partial charge on any atom is 0.289 e. The Bertz CT molecular complexity index is 473. The fraction of sp³-hybridized carbons (Fsp3) is 0.273. The van der Waals surface area contributed by atoms with E-state index in [2.05, 4.69) is 5.10 Å². The lowest BCUT2D eigenvalue weighted by Crippen LogP contribution is -2.26. The molecule has 5 nitrogen and oxygen atoms in total. The molecule has 2 rings (SSSR count). The van der Waals surface area contributed by atoms with Crippen LogP contribution in [0.15, 0.2) is 35.1 Å². The van der Waals surface area contributed by atoms with Crippen LogP contribution in [0.4, 0.5) is 0 Å². The summed E-state index contributed by atoms with van der Waals surface area (Å²) < 4.78 is 6.79. The van der Waals surface area contributed by atoms with Crippen LogP contribution in [-0.2, 0) is 13.6 Å². The van der Waals surface area contributed by atoms with Gasteiger partial charge in [-0.15, -0.1) is 0 Å². The molecule has 0 aromatic carbocycles. The quantitative estimate of drug-likeness (QED) is 0.781. The molecule has 2 aromatic heterocycles. The van der Waals surface area contributed by atoms with Gasteiger partial charge in [0, 0.05) is 20.3 Å². The summed E-state index contributed by atoms with van der Waals surface area (Å²) in [6.07, 6.45) is 3.20. The predicted molar refractivity (Wildman–Crippen MR) is 57.7 cm³/mol. The van der Waals surface area contributed by atoms with E-state index < -0.39 is 0 Å². The molecular formula is C11H13N3O2. The molecule has 0 fully saturated rings. The molecule has 1 amide bonds. The van der Waals surface area contributed by atoms with Gasteiger partial charge in [-0.25, -0.2) is 0 Å². The first-order chi connectivity index (χ1) is 7.68. The van der Waals surface area contributed by atoms with E-state index in [0.717, 1.165) is 5.69 Å². The van der Waals surface area contributed by atoms with Crippen LogP contribution in [0.2, 0.25) is 0 Å². The molecule has 2 aromatic rings. The zero-order valence-corrected chi connectivity index (χ0v) is 9.25. The molecule has 0 bridgehead atoms. The first-order valence-corrected chi connectivity index (χ1v) is 4.94. The standard InChI is InChI=1S/C11H13N3O2/c1-13(8-9-5-6-12-14(9)2)11(15)10-4-3-7-16-10/h3-7H,8H2,1-2H3. The summed E-state index contributed by atoms with van der Waals surface area (Å²) in [6.45, 7) is 0.510. The molecule has 0 aliphatic rings. The molecule has 0 N–H and O–H groups in total. The number of hydrogen-bond donors (Lipinski definition) is 0. The molecular weight excluding hydrogens is 206 g/mol. The molecule has 0 aliphatic carbocycles. The molecule has 0 atom stereocenters. The summed E-state index contributed by atoms with van der Waals surface area (Å²) in [4.78, 5) is 13.4. The van der Waals surface area contributed by atoms with E-state index in [4.69, 9.17) is 4.42 Å². The number of aromatic nitrogens is 2. The fourth-order valence-electron chi connectivity index (χ4n) is 1.46. The van der Waals surface area contributed by atoms with Crippen LogP contribution in [0.1, 0.15) is 16.2 Å². The minimum atomic E-state index is -0.133. The number of furan rings is 1. The molecule has 84 valence electrons. The molecule has 0 aliphatic heterocycles. The molecule has 0 radical (unpaired) electrons. The second-order valence-electron chi connectivity index (χ2n) is 3.58. The van der Waals surface area contributed by atoms with Crippen molar-refractivity contribution in [1.29, 1.82) is 0 Å². The van der Waals surface area contributed by atoms with Gasteiger partial charge in [0.15, 0.2) is 5.76 Å². The summed E-state index contributed by atoms with van der Waals surface area (Å²) in [5, 5.41) is 4.05. The lowest BCUT2D eigenvalue weighted by atomic mass is 10.3. The number of carbonyl (C=O) groups excluding carboxylic acids is 1. The van der Waals surface area contributed by atoms with Crippen molar-refractivity contribution in [2.45, 2.75) is 6.54 Å². The van der Waals surface area contributed by atoms with E-state index in [1.807, 2.05) is 13.1 Å². The second kappa shape index (κ2) is 4.22. The zero-order valence-electron chi connectivity index (χ0n) is 9.25. The monoisotopic (exact) mass is 219 g/mol. The van der Waals surface area contributed by atoms with Crippen molar-refractivity contribution in [2.24, 2.45) is 7.05 Å². The Balaban J connectivity index is 2.07. The smallest absolute Gasteiger partial charge is 0.289 e. The molecule has 0 unspecified atom stereocenters. The average molecular weight is 219 g/mol. The van der Waals surface area contributed by atoms with Crippen molar-refractivity contribution in [3.8, 4) is 0 Å². The van der Waals surface area contributed by atoms with Gasteiger partial charge in [-0.1, -0.05) is 0 Å². The minimum Gasteiger partial charge on any atom is -0.459 e. The molecule has 16 heavy (non-hydrogen) atoms. The minimum absolute atomic E-state index is 0.133. The van der Waals surface area contributed by atoms with Crippen molar-refractivity contribution in [3.63, 3.8) is 0 Å². The Kier molecular flexibility index (Phi) is 2.76. The van der Waals surface area contributed by atoms with E-state index in [9.17, 15) is 4.79 Å². The van der Waals surface area contributed by atoms with Gasteiger partial charge in [-0.05, 0) is 18.2 Å². The maximum atomic E-state index is 11.8. The Labute approximate surface area is 93.3 Å². The lowest BCUT2D eigenvalue weighted by Gasteiger charge is -2.15. The van der Waals surface area contributed by atoms with Gasteiger partial charge in [0.25, 0.3) is 5.91 Å². The zero-order chi connectivity index (χ0) is 11.5. The molecule has 2 heterocycles. The van der Waals surface area contributed by atoms with Crippen molar-refractivity contribution < 1.29 is 9.21 Å². The fourth-order valence-corrected chi connectivity index (χ4v) is 1.46. The van der Waals surface area contributed by atoms with Crippen LogP contribution >= 0.6 is 0 Å². The van der Waals surface area contributed by atoms with E-state index in [1.165, 1.54) is 6.26 Å². The van der Waals surface area contributed by atoms with Crippen LogP contribution in [0.5, 0.6) is 0 Å². The highest BCUT2D eigenvalue weighted by molar-refractivity contribution is 5.91. The third-order valence-corrected chi connectivity index (χ3v) is 2.40. The SMILES string of the molecule is CN(Cc1ccnn1C)C(=O)c1ccco1. The van der Waals surface area contributed by atoms with Crippen LogP contribution < -0.4 is 0 Å². The van der Waals surface area contributed by atoms with E-state index in [1.54, 1.807) is 35.0 Å². The Morgan fingerprint density at radius 1 is 1.56 bits per heavy atom. The Morgan fingerprint density at radius 2 is 2.38 bits per heavy atom. The second-order valence-corrected chi connectivity index (χ2v) is 3.58. The largest absolute Gasteiger partial charge is 0.459 e. The predicted octanol–water partition coefficient (Wildman–Crippen LogP) is 1.29. The summed E-state index contributed by atoms with van der Waals surface area (Å²) in [7, 11) is 3.58. The first-order valence-electron chi connectivity index (χ1n) is 4.94. The van der Waals surface area contributed by atoms with Crippen molar-refractivity contribution in [2.75, 3.05) is 7.05 Å². The molecule has 5 heteroatoms. The van der Waals surface area contributed by atoms with Gasteiger partial charge in [0.2, 0.25) is 0 Å². The number of aryl methyl sites for hydroxylation is 1. The van der Waals surface area contributed by atoms with E-state index in [0.29, 0.717) is 12.3 Å².